The highest BCUT2D eigenvalue weighted by molar-refractivity contribution is 6.31. The molecule has 1 saturated heterocycles. The topological polar surface area (TPSA) is 41.6 Å². The van der Waals surface area contributed by atoms with Crippen LogP contribution in [0, 0.1) is 0 Å². The molecule has 0 aromatic heterocycles. The van der Waals surface area contributed by atoms with Crippen molar-refractivity contribution in [1.29, 1.82) is 0 Å². The maximum Gasteiger partial charge on any atom is 0.159 e. The number of nitrogens with one attached hydrogen (secondary N) is 1. The molecule has 1 heterocycles. The zero-order chi connectivity index (χ0) is 13.7. The molecule has 0 saturated carbocycles. The van der Waals surface area contributed by atoms with Gasteiger partial charge < -0.3 is 10.1 Å². The van der Waals surface area contributed by atoms with E-state index in [4.69, 9.17) is 16.3 Å². The summed E-state index contributed by atoms with van der Waals surface area (Å²) in [4.78, 5) is 13.7. The van der Waals surface area contributed by atoms with Crippen molar-refractivity contribution < 1.29 is 9.53 Å². The number of hydrogen-bond acceptors (Lipinski definition) is 4. The number of carbonyl (C=O) groups excluding carboxylic acids is 1. The van der Waals surface area contributed by atoms with Crippen molar-refractivity contribution in [2.75, 3.05) is 44.7 Å². The van der Waals surface area contributed by atoms with Gasteiger partial charge in [0.15, 0.2) is 5.78 Å². The molecule has 0 atom stereocenters. The van der Waals surface area contributed by atoms with Crippen LogP contribution in [0.5, 0.6) is 0 Å². The van der Waals surface area contributed by atoms with Crippen molar-refractivity contribution in [2.24, 2.45) is 0 Å². The number of ketones is 1. The van der Waals surface area contributed by atoms with Gasteiger partial charge in [0.1, 0.15) is 0 Å². The Morgan fingerprint density at radius 2 is 2.11 bits per heavy atom. The van der Waals surface area contributed by atoms with Gasteiger partial charge in [-0.25, -0.2) is 0 Å². The van der Waals surface area contributed by atoms with Crippen molar-refractivity contribution in [3.63, 3.8) is 0 Å². The van der Waals surface area contributed by atoms with Crippen LogP contribution in [0.25, 0.3) is 0 Å². The molecule has 0 radical (unpaired) electrons. The molecular weight excluding hydrogens is 264 g/mol. The molecule has 19 heavy (non-hydrogen) atoms. The highest BCUT2D eigenvalue weighted by Crippen LogP contribution is 2.19. The van der Waals surface area contributed by atoms with Crippen LogP contribution in [0.4, 0.5) is 5.69 Å². The largest absolute Gasteiger partial charge is 0.384 e. The minimum absolute atomic E-state index is 0.0266. The van der Waals surface area contributed by atoms with Crippen LogP contribution in [-0.4, -0.2) is 50.1 Å². The molecule has 0 amide bonds. The Morgan fingerprint density at radius 3 is 2.79 bits per heavy atom. The van der Waals surface area contributed by atoms with Gasteiger partial charge in [-0.2, -0.15) is 0 Å². The first-order chi connectivity index (χ1) is 9.15. The Bertz CT molecular complexity index is 445. The minimum Gasteiger partial charge on any atom is -0.384 e. The monoisotopic (exact) mass is 282 g/mol. The van der Waals surface area contributed by atoms with Gasteiger partial charge in [0.25, 0.3) is 0 Å². The van der Waals surface area contributed by atoms with E-state index in [1.54, 1.807) is 13.0 Å². The Morgan fingerprint density at radius 1 is 1.37 bits per heavy atom. The number of anilines is 1. The number of Topliss-reactive ketones (excluding diaryl/α,β-unsaturated/α-hetero) is 1. The molecule has 1 N–H and O–H groups in total. The lowest BCUT2D eigenvalue weighted by molar-refractivity contribution is 0.0398. The molecule has 4 nitrogen and oxygen atoms in total. The fraction of sp³-hybridized carbons (Fsp3) is 0.500. The second-order valence-electron chi connectivity index (χ2n) is 4.67. The van der Waals surface area contributed by atoms with Crippen LogP contribution in [-0.2, 0) is 4.74 Å². The van der Waals surface area contributed by atoms with Crippen molar-refractivity contribution >= 4 is 23.1 Å². The van der Waals surface area contributed by atoms with Crippen LogP contribution < -0.4 is 5.32 Å². The molecular formula is C14H19ClN2O2. The molecule has 0 bridgehead atoms. The predicted molar refractivity (Wildman–Crippen MR) is 77.2 cm³/mol. The predicted octanol–water partition coefficient (Wildman–Crippen LogP) is 2.29. The third-order valence-electron chi connectivity index (χ3n) is 3.17. The van der Waals surface area contributed by atoms with E-state index in [1.165, 1.54) is 0 Å². The number of morpholine rings is 1. The first-order valence-corrected chi connectivity index (χ1v) is 6.88. The normalized spacial score (nSPS) is 16.3. The molecule has 1 aromatic carbocycles. The molecule has 1 fully saturated rings. The average molecular weight is 283 g/mol. The zero-order valence-electron chi connectivity index (χ0n) is 11.1. The number of ether oxygens (including phenoxy) is 1. The summed E-state index contributed by atoms with van der Waals surface area (Å²) < 4.78 is 5.31. The van der Waals surface area contributed by atoms with Gasteiger partial charge in [0.05, 0.1) is 13.2 Å². The fourth-order valence-electron chi connectivity index (χ4n) is 2.08. The number of rotatable bonds is 5. The standard InChI is InChI=1S/C14H19ClN2O2/c1-11(18)12-8-13(15)10-14(9-12)16-2-3-17-4-6-19-7-5-17/h8-10,16H,2-7H2,1H3. The van der Waals surface area contributed by atoms with E-state index in [1.807, 2.05) is 12.1 Å². The first-order valence-electron chi connectivity index (χ1n) is 6.50. The second-order valence-corrected chi connectivity index (χ2v) is 5.10. The SMILES string of the molecule is CC(=O)c1cc(Cl)cc(NCCN2CCOCC2)c1. The lowest BCUT2D eigenvalue weighted by Gasteiger charge is -2.26. The lowest BCUT2D eigenvalue weighted by atomic mass is 10.1. The summed E-state index contributed by atoms with van der Waals surface area (Å²) in [6, 6.07) is 5.37. The third kappa shape index (κ3) is 4.49. The second kappa shape index (κ2) is 6.89. The molecule has 1 aliphatic heterocycles. The molecule has 1 aromatic rings. The Labute approximate surface area is 118 Å². The Hall–Kier alpha value is -1.10. The van der Waals surface area contributed by atoms with Crippen molar-refractivity contribution in [3.05, 3.63) is 28.8 Å². The summed E-state index contributed by atoms with van der Waals surface area (Å²) >= 11 is 6.00. The van der Waals surface area contributed by atoms with Crippen LogP contribution in [0.2, 0.25) is 5.02 Å². The number of nitrogens with zero attached hydrogens (tertiary/aromatic N) is 1. The van der Waals surface area contributed by atoms with Gasteiger partial charge in [-0.05, 0) is 25.1 Å². The van der Waals surface area contributed by atoms with Gasteiger partial charge in [-0.3, -0.25) is 9.69 Å². The maximum atomic E-state index is 11.4. The first kappa shape index (κ1) is 14.3. The van der Waals surface area contributed by atoms with E-state index in [-0.39, 0.29) is 5.78 Å². The number of carbonyl (C=O) groups is 1. The summed E-state index contributed by atoms with van der Waals surface area (Å²) in [5, 5.41) is 3.89. The van der Waals surface area contributed by atoms with Crippen LogP contribution >= 0.6 is 11.6 Å². The highest BCUT2D eigenvalue weighted by Gasteiger charge is 2.09. The van der Waals surface area contributed by atoms with Gasteiger partial charge in [0.2, 0.25) is 0 Å². The quantitative estimate of drug-likeness (QED) is 0.842. The average Bonchev–Trinajstić information content (AvgIpc) is 2.39. The van der Waals surface area contributed by atoms with Crippen molar-refractivity contribution in [3.8, 4) is 0 Å². The number of hydrogen-bond donors (Lipinski definition) is 1. The van der Waals surface area contributed by atoms with Crippen molar-refractivity contribution in [1.82, 2.24) is 4.90 Å². The van der Waals surface area contributed by atoms with Crippen LogP contribution in [0.1, 0.15) is 17.3 Å². The minimum atomic E-state index is 0.0266. The van der Waals surface area contributed by atoms with Crippen molar-refractivity contribution in [2.45, 2.75) is 6.92 Å². The molecule has 0 unspecified atom stereocenters. The number of benzene rings is 1. The van der Waals surface area contributed by atoms with Gasteiger partial charge in [0, 0.05) is 42.5 Å². The van der Waals surface area contributed by atoms with Gasteiger partial charge in [-0.15, -0.1) is 0 Å². The molecule has 104 valence electrons. The summed E-state index contributed by atoms with van der Waals surface area (Å²) in [7, 11) is 0. The molecule has 0 aliphatic carbocycles. The lowest BCUT2D eigenvalue weighted by Crippen LogP contribution is -2.39. The molecule has 1 aliphatic rings. The Balaban J connectivity index is 1.86. The van der Waals surface area contributed by atoms with Crippen LogP contribution in [0.3, 0.4) is 0 Å². The third-order valence-corrected chi connectivity index (χ3v) is 3.38. The maximum absolute atomic E-state index is 11.4. The molecule has 5 heteroatoms. The summed E-state index contributed by atoms with van der Waals surface area (Å²) in [6.45, 7) is 6.93. The summed E-state index contributed by atoms with van der Waals surface area (Å²) in [5.74, 6) is 0.0266. The zero-order valence-corrected chi connectivity index (χ0v) is 11.9. The van der Waals surface area contributed by atoms with E-state index in [9.17, 15) is 4.79 Å². The smallest absolute Gasteiger partial charge is 0.159 e. The van der Waals surface area contributed by atoms with E-state index in [0.717, 1.165) is 45.1 Å². The Kier molecular flexibility index (Phi) is 5.19. The fourth-order valence-corrected chi connectivity index (χ4v) is 2.31. The van der Waals surface area contributed by atoms with Crippen LogP contribution in [0.15, 0.2) is 18.2 Å². The van der Waals surface area contributed by atoms with Gasteiger partial charge in [-0.1, -0.05) is 11.6 Å². The molecule has 0 spiro atoms. The summed E-state index contributed by atoms with van der Waals surface area (Å²) in [6.07, 6.45) is 0. The molecule has 2 rings (SSSR count). The summed E-state index contributed by atoms with van der Waals surface area (Å²) in [5.41, 5.74) is 1.53. The van der Waals surface area contributed by atoms with E-state index in [2.05, 4.69) is 10.2 Å². The van der Waals surface area contributed by atoms with E-state index >= 15 is 0 Å². The van der Waals surface area contributed by atoms with E-state index < -0.39 is 0 Å². The van der Waals surface area contributed by atoms with Gasteiger partial charge >= 0.3 is 0 Å². The highest BCUT2D eigenvalue weighted by atomic mass is 35.5. The number of halogens is 1. The van der Waals surface area contributed by atoms with E-state index in [0.29, 0.717) is 10.6 Å².